The van der Waals surface area contributed by atoms with E-state index in [-0.39, 0.29) is 12.1 Å². The molecule has 0 spiro atoms. The molecule has 1 aromatic carbocycles. The highest BCUT2D eigenvalue weighted by Crippen LogP contribution is 2.32. The van der Waals surface area contributed by atoms with Crippen molar-refractivity contribution in [1.29, 1.82) is 0 Å². The van der Waals surface area contributed by atoms with Crippen LogP contribution in [0.2, 0.25) is 0 Å². The van der Waals surface area contributed by atoms with Crippen molar-refractivity contribution in [3.05, 3.63) is 53.6 Å². The second-order valence-electron chi connectivity index (χ2n) is 4.17. The first-order chi connectivity index (χ1) is 9.31. The van der Waals surface area contributed by atoms with Crippen molar-refractivity contribution in [2.45, 2.75) is 6.17 Å². The SMILES string of the molecule is C=CCN1C(=O)c2ccccc2NC1c1csnn1. The van der Waals surface area contributed by atoms with Gasteiger partial charge in [-0.3, -0.25) is 4.79 Å². The van der Waals surface area contributed by atoms with Crippen LogP contribution in [0.5, 0.6) is 0 Å². The molecule has 0 saturated heterocycles. The fourth-order valence-corrected chi connectivity index (χ4v) is 2.62. The zero-order chi connectivity index (χ0) is 13.2. The summed E-state index contributed by atoms with van der Waals surface area (Å²) in [4.78, 5) is 14.2. The van der Waals surface area contributed by atoms with E-state index in [0.29, 0.717) is 12.1 Å². The number of hydrogen-bond acceptors (Lipinski definition) is 5. The molecule has 1 aliphatic rings. The summed E-state index contributed by atoms with van der Waals surface area (Å²) in [6.45, 7) is 4.17. The van der Waals surface area contributed by atoms with Gasteiger partial charge in [-0.25, -0.2) is 0 Å². The molecule has 96 valence electrons. The number of anilines is 1. The van der Waals surface area contributed by atoms with E-state index in [1.807, 2.05) is 29.6 Å². The summed E-state index contributed by atoms with van der Waals surface area (Å²) >= 11 is 1.27. The van der Waals surface area contributed by atoms with Gasteiger partial charge < -0.3 is 10.2 Å². The Hall–Kier alpha value is -2.21. The molecular weight excluding hydrogens is 260 g/mol. The molecule has 19 heavy (non-hydrogen) atoms. The van der Waals surface area contributed by atoms with Gasteiger partial charge in [0.15, 0.2) is 0 Å². The minimum atomic E-state index is -0.292. The molecule has 0 saturated carbocycles. The van der Waals surface area contributed by atoms with Gasteiger partial charge in [-0.1, -0.05) is 22.7 Å². The van der Waals surface area contributed by atoms with Gasteiger partial charge in [-0.05, 0) is 23.7 Å². The number of carbonyl (C=O) groups is 1. The van der Waals surface area contributed by atoms with Crippen molar-refractivity contribution in [2.75, 3.05) is 11.9 Å². The molecule has 1 unspecified atom stereocenters. The third-order valence-corrected chi connectivity index (χ3v) is 3.53. The van der Waals surface area contributed by atoms with Gasteiger partial charge in [0.05, 0.1) is 5.56 Å². The largest absolute Gasteiger partial charge is 0.359 e. The van der Waals surface area contributed by atoms with Crippen LogP contribution in [-0.2, 0) is 0 Å². The van der Waals surface area contributed by atoms with Crippen LogP contribution in [0.25, 0.3) is 0 Å². The summed E-state index contributed by atoms with van der Waals surface area (Å²) in [5.74, 6) is -0.0211. The Bertz CT molecular complexity index is 611. The highest BCUT2D eigenvalue weighted by atomic mass is 32.1. The second-order valence-corrected chi connectivity index (χ2v) is 4.78. The predicted molar refractivity (Wildman–Crippen MR) is 73.9 cm³/mol. The normalized spacial score (nSPS) is 17.8. The van der Waals surface area contributed by atoms with Gasteiger partial charge in [-0.15, -0.1) is 11.7 Å². The highest BCUT2D eigenvalue weighted by Gasteiger charge is 2.33. The van der Waals surface area contributed by atoms with Gasteiger partial charge in [-0.2, -0.15) is 0 Å². The molecule has 1 amide bonds. The Kier molecular flexibility index (Phi) is 3.00. The molecule has 0 aliphatic carbocycles. The molecule has 1 aromatic heterocycles. The lowest BCUT2D eigenvalue weighted by Gasteiger charge is -2.36. The van der Waals surface area contributed by atoms with E-state index in [1.165, 1.54) is 11.5 Å². The summed E-state index contributed by atoms with van der Waals surface area (Å²) in [5.41, 5.74) is 2.24. The van der Waals surface area contributed by atoms with E-state index in [2.05, 4.69) is 21.5 Å². The lowest BCUT2D eigenvalue weighted by atomic mass is 10.1. The lowest BCUT2D eigenvalue weighted by molar-refractivity contribution is 0.0704. The smallest absolute Gasteiger partial charge is 0.258 e. The number of aromatic nitrogens is 2. The monoisotopic (exact) mass is 272 g/mol. The fraction of sp³-hybridized carbons (Fsp3) is 0.154. The van der Waals surface area contributed by atoms with Crippen molar-refractivity contribution in [1.82, 2.24) is 14.5 Å². The number of benzene rings is 1. The molecule has 0 bridgehead atoms. The number of carbonyl (C=O) groups excluding carboxylic acids is 1. The van der Waals surface area contributed by atoms with Crippen LogP contribution < -0.4 is 5.32 Å². The molecule has 1 atom stereocenters. The van der Waals surface area contributed by atoms with E-state index in [4.69, 9.17) is 0 Å². The zero-order valence-corrected chi connectivity index (χ0v) is 10.9. The van der Waals surface area contributed by atoms with E-state index in [0.717, 1.165) is 11.4 Å². The van der Waals surface area contributed by atoms with Crippen LogP contribution in [0, 0.1) is 0 Å². The van der Waals surface area contributed by atoms with Gasteiger partial charge in [0.1, 0.15) is 11.9 Å². The first-order valence-electron chi connectivity index (χ1n) is 5.85. The molecule has 5 nitrogen and oxygen atoms in total. The van der Waals surface area contributed by atoms with Crippen molar-refractivity contribution in [3.63, 3.8) is 0 Å². The average Bonchev–Trinajstić information content (AvgIpc) is 2.96. The summed E-state index contributed by atoms with van der Waals surface area (Å²) in [5, 5.41) is 9.23. The minimum absolute atomic E-state index is 0.0211. The Morgan fingerprint density at radius 1 is 1.47 bits per heavy atom. The number of nitrogens with zero attached hydrogens (tertiary/aromatic N) is 3. The number of fused-ring (bicyclic) bond motifs is 1. The van der Waals surface area contributed by atoms with Crippen LogP contribution in [0.15, 0.2) is 42.3 Å². The number of rotatable bonds is 3. The van der Waals surface area contributed by atoms with Crippen LogP contribution in [0.3, 0.4) is 0 Å². The Labute approximate surface area is 114 Å². The third-order valence-electron chi connectivity index (χ3n) is 3.01. The number of para-hydroxylation sites is 1. The van der Waals surface area contributed by atoms with E-state index >= 15 is 0 Å². The van der Waals surface area contributed by atoms with Gasteiger partial charge in [0, 0.05) is 17.6 Å². The maximum Gasteiger partial charge on any atom is 0.258 e. The summed E-state index contributed by atoms with van der Waals surface area (Å²) < 4.78 is 3.86. The Morgan fingerprint density at radius 2 is 2.32 bits per heavy atom. The van der Waals surface area contributed by atoms with E-state index in [1.54, 1.807) is 11.0 Å². The summed E-state index contributed by atoms with van der Waals surface area (Å²) in [7, 11) is 0. The Morgan fingerprint density at radius 3 is 3.05 bits per heavy atom. The number of amides is 1. The second kappa shape index (κ2) is 4.81. The number of hydrogen-bond donors (Lipinski definition) is 1. The van der Waals surface area contributed by atoms with Gasteiger partial charge in [0.2, 0.25) is 0 Å². The first kappa shape index (κ1) is 11.9. The lowest BCUT2D eigenvalue weighted by Crippen LogP contribution is -2.43. The van der Waals surface area contributed by atoms with Crippen molar-refractivity contribution >= 4 is 23.1 Å². The zero-order valence-electron chi connectivity index (χ0n) is 10.1. The fourth-order valence-electron chi connectivity index (χ4n) is 2.14. The Balaban J connectivity index is 2.05. The van der Waals surface area contributed by atoms with Crippen molar-refractivity contribution in [3.8, 4) is 0 Å². The average molecular weight is 272 g/mol. The minimum Gasteiger partial charge on any atom is -0.359 e. The number of nitrogens with one attached hydrogen (secondary N) is 1. The molecule has 6 heteroatoms. The third kappa shape index (κ3) is 2.00. The van der Waals surface area contributed by atoms with E-state index in [9.17, 15) is 4.79 Å². The molecule has 2 heterocycles. The van der Waals surface area contributed by atoms with Crippen molar-refractivity contribution < 1.29 is 4.79 Å². The quantitative estimate of drug-likeness (QED) is 0.871. The van der Waals surface area contributed by atoms with E-state index < -0.39 is 0 Å². The summed E-state index contributed by atoms with van der Waals surface area (Å²) in [6.07, 6.45) is 1.42. The maximum absolute atomic E-state index is 12.5. The predicted octanol–water partition coefficient (Wildman–Crippen LogP) is 2.29. The molecule has 1 aliphatic heterocycles. The van der Waals surface area contributed by atoms with Gasteiger partial charge in [0.25, 0.3) is 5.91 Å². The molecule has 0 fully saturated rings. The molecule has 1 N–H and O–H groups in total. The first-order valence-corrected chi connectivity index (χ1v) is 6.69. The van der Waals surface area contributed by atoms with Crippen LogP contribution in [-0.4, -0.2) is 26.9 Å². The highest BCUT2D eigenvalue weighted by molar-refractivity contribution is 7.03. The molecule has 3 rings (SSSR count). The standard InChI is InChI=1S/C13H12N4OS/c1-2-7-17-12(11-8-19-16-15-11)14-10-6-4-3-5-9(10)13(17)18/h2-6,8,12,14H,1,7H2. The topological polar surface area (TPSA) is 58.1 Å². The maximum atomic E-state index is 12.5. The van der Waals surface area contributed by atoms with Crippen LogP contribution >= 0.6 is 11.5 Å². The molecular formula is C13H12N4OS. The summed E-state index contributed by atoms with van der Waals surface area (Å²) in [6, 6.07) is 7.47. The molecule has 0 radical (unpaired) electrons. The van der Waals surface area contributed by atoms with Gasteiger partial charge >= 0.3 is 0 Å². The van der Waals surface area contributed by atoms with Crippen molar-refractivity contribution in [2.24, 2.45) is 0 Å². The van der Waals surface area contributed by atoms with Crippen LogP contribution in [0.1, 0.15) is 22.2 Å². The van der Waals surface area contributed by atoms with Crippen LogP contribution in [0.4, 0.5) is 5.69 Å². The molecule has 2 aromatic rings.